The lowest BCUT2D eigenvalue weighted by Gasteiger charge is -2.24. The maximum atomic E-state index is 12.5. The van der Waals surface area contributed by atoms with Gasteiger partial charge in [0.1, 0.15) is 5.75 Å². The number of unbranched alkanes of at least 4 members (excludes halogenated alkanes) is 1. The van der Waals surface area contributed by atoms with E-state index in [2.05, 4.69) is 11.8 Å². The van der Waals surface area contributed by atoms with E-state index in [9.17, 15) is 4.79 Å². The molecule has 0 heterocycles. The van der Waals surface area contributed by atoms with Gasteiger partial charge < -0.3 is 9.64 Å². The highest BCUT2D eigenvalue weighted by atomic mass is 16.5. The van der Waals surface area contributed by atoms with Gasteiger partial charge in [-0.3, -0.25) is 4.79 Å². The summed E-state index contributed by atoms with van der Waals surface area (Å²) in [6.07, 6.45) is 2.15. The highest BCUT2D eigenvalue weighted by Gasteiger charge is 2.13. The van der Waals surface area contributed by atoms with Gasteiger partial charge >= 0.3 is 0 Å². The fourth-order valence-corrected chi connectivity index (χ4v) is 2.34. The third-order valence-electron chi connectivity index (χ3n) is 3.63. The van der Waals surface area contributed by atoms with Gasteiger partial charge in [0.2, 0.25) is 0 Å². The van der Waals surface area contributed by atoms with Gasteiger partial charge in [0.05, 0.1) is 13.7 Å². The average molecular weight is 297 g/mol. The molecule has 0 fully saturated rings. The van der Waals surface area contributed by atoms with Gasteiger partial charge in [0.15, 0.2) is 5.78 Å². The molecule has 22 heavy (non-hydrogen) atoms. The summed E-state index contributed by atoms with van der Waals surface area (Å²) < 4.78 is 5.29. The summed E-state index contributed by atoms with van der Waals surface area (Å²) in [6.45, 7) is 3.40. The molecule has 0 saturated heterocycles. The Morgan fingerprint density at radius 1 is 1.09 bits per heavy atom. The number of hydrogen-bond donors (Lipinski definition) is 0. The van der Waals surface area contributed by atoms with Crippen molar-refractivity contribution in [2.75, 3.05) is 25.1 Å². The Balaban J connectivity index is 2.16. The molecule has 0 atom stereocenters. The lowest BCUT2D eigenvalue weighted by atomic mass is 10.1. The first-order valence-electron chi connectivity index (χ1n) is 7.72. The summed E-state index contributed by atoms with van der Waals surface area (Å²) in [6, 6.07) is 17.3. The van der Waals surface area contributed by atoms with Gasteiger partial charge in [-0.25, -0.2) is 0 Å². The first-order chi connectivity index (χ1) is 10.7. The van der Waals surface area contributed by atoms with Crippen LogP contribution in [-0.4, -0.2) is 26.0 Å². The van der Waals surface area contributed by atoms with Crippen LogP contribution >= 0.6 is 0 Å². The van der Waals surface area contributed by atoms with Gasteiger partial charge in [-0.2, -0.15) is 0 Å². The molecular weight excluding hydrogens is 274 g/mol. The molecule has 0 bridgehead atoms. The molecule has 0 amide bonds. The summed E-state index contributed by atoms with van der Waals surface area (Å²) >= 11 is 0. The molecule has 2 aromatic rings. The van der Waals surface area contributed by atoms with Crippen molar-refractivity contribution in [2.45, 2.75) is 19.8 Å². The summed E-state index contributed by atoms with van der Waals surface area (Å²) in [5.74, 6) is 0.950. The van der Waals surface area contributed by atoms with Crippen LogP contribution < -0.4 is 9.64 Å². The molecule has 2 rings (SSSR count). The van der Waals surface area contributed by atoms with Gasteiger partial charge in [-0.1, -0.05) is 49.7 Å². The Labute approximate surface area is 132 Å². The van der Waals surface area contributed by atoms with Crippen LogP contribution in [0, 0.1) is 0 Å². The van der Waals surface area contributed by atoms with Crippen LogP contribution in [0.15, 0.2) is 54.6 Å². The second kappa shape index (κ2) is 8.23. The SMILES string of the molecule is CCCCN(CC(=O)c1ccccc1)c1cccc(OC)c1. The van der Waals surface area contributed by atoms with E-state index in [-0.39, 0.29) is 5.78 Å². The molecule has 0 radical (unpaired) electrons. The number of carbonyl (C=O) groups excluding carboxylic acids is 1. The van der Waals surface area contributed by atoms with E-state index in [0.717, 1.165) is 36.4 Å². The topological polar surface area (TPSA) is 29.5 Å². The van der Waals surface area contributed by atoms with Gasteiger partial charge in [0.25, 0.3) is 0 Å². The number of ether oxygens (including phenoxy) is 1. The number of Topliss-reactive ketones (excluding diaryl/α,β-unsaturated/α-hetero) is 1. The van der Waals surface area contributed by atoms with Crippen LogP contribution in [0.1, 0.15) is 30.1 Å². The van der Waals surface area contributed by atoms with Gasteiger partial charge in [0, 0.05) is 23.9 Å². The highest BCUT2D eigenvalue weighted by molar-refractivity contribution is 5.99. The van der Waals surface area contributed by atoms with Gasteiger partial charge in [-0.15, -0.1) is 0 Å². The van der Waals surface area contributed by atoms with Crippen molar-refractivity contribution in [3.05, 3.63) is 60.2 Å². The number of methoxy groups -OCH3 is 1. The second-order valence-electron chi connectivity index (χ2n) is 5.27. The van der Waals surface area contributed by atoms with E-state index < -0.39 is 0 Å². The summed E-state index contributed by atoms with van der Waals surface area (Å²) in [5.41, 5.74) is 1.78. The second-order valence-corrected chi connectivity index (χ2v) is 5.27. The largest absolute Gasteiger partial charge is 0.497 e. The van der Waals surface area contributed by atoms with E-state index in [1.807, 2.05) is 54.6 Å². The molecular formula is C19H23NO2. The normalized spacial score (nSPS) is 10.3. The van der Waals surface area contributed by atoms with E-state index in [1.165, 1.54) is 0 Å². The number of hydrogen-bond acceptors (Lipinski definition) is 3. The summed E-state index contributed by atoms with van der Waals surface area (Å²) in [5, 5.41) is 0. The maximum absolute atomic E-state index is 12.5. The van der Waals surface area contributed by atoms with Gasteiger partial charge in [-0.05, 0) is 18.6 Å². The van der Waals surface area contributed by atoms with E-state index >= 15 is 0 Å². The molecule has 0 aromatic heterocycles. The quantitative estimate of drug-likeness (QED) is 0.684. The third kappa shape index (κ3) is 4.35. The molecule has 0 spiro atoms. The van der Waals surface area contributed by atoms with Crippen LogP contribution in [0.5, 0.6) is 5.75 Å². The molecule has 2 aromatic carbocycles. The number of carbonyl (C=O) groups is 1. The predicted octanol–water partition coefficient (Wildman–Crippen LogP) is 4.18. The Kier molecular flexibility index (Phi) is 6.01. The maximum Gasteiger partial charge on any atom is 0.182 e. The molecule has 0 aliphatic heterocycles. The Hall–Kier alpha value is -2.29. The zero-order valence-electron chi connectivity index (χ0n) is 13.3. The average Bonchev–Trinajstić information content (AvgIpc) is 2.59. The van der Waals surface area contributed by atoms with Crippen molar-refractivity contribution >= 4 is 11.5 Å². The first kappa shape index (κ1) is 16.1. The molecule has 0 saturated carbocycles. The molecule has 116 valence electrons. The monoisotopic (exact) mass is 297 g/mol. The Bertz CT molecular complexity index is 595. The zero-order chi connectivity index (χ0) is 15.8. The molecule has 3 heteroatoms. The summed E-state index contributed by atoms with van der Waals surface area (Å²) in [7, 11) is 1.66. The molecule has 0 aliphatic carbocycles. The van der Waals surface area contributed by atoms with E-state index in [1.54, 1.807) is 7.11 Å². The predicted molar refractivity (Wildman–Crippen MR) is 90.9 cm³/mol. The summed E-state index contributed by atoms with van der Waals surface area (Å²) in [4.78, 5) is 14.6. The number of anilines is 1. The van der Waals surface area contributed by atoms with E-state index in [0.29, 0.717) is 6.54 Å². The Morgan fingerprint density at radius 2 is 1.86 bits per heavy atom. The van der Waals surface area contributed by atoms with Crippen molar-refractivity contribution < 1.29 is 9.53 Å². The Morgan fingerprint density at radius 3 is 2.55 bits per heavy atom. The smallest absolute Gasteiger partial charge is 0.182 e. The number of ketones is 1. The van der Waals surface area contributed by atoms with Crippen LogP contribution in [0.2, 0.25) is 0 Å². The molecule has 3 nitrogen and oxygen atoms in total. The first-order valence-corrected chi connectivity index (χ1v) is 7.72. The van der Waals surface area contributed by atoms with Crippen molar-refractivity contribution in [2.24, 2.45) is 0 Å². The standard InChI is InChI=1S/C19H23NO2/c1-3-4-13-20(17-11-8-12-18(14-17)22-2)15-19(21)16-9-6-5-7-10-16/h5-12,14H,3-4,13,15H2,1-2H3. The number of rotatable bonds is 8. The van der Waals surface area contributed by atoms with Crippen LogP contribution in [-0.2, 0) is 0 Å². The van der Waals surface area contributed by atoms with Crippen LogP contribution in [0.4, 0.5) is 5.69 Å². The molecule has 0 unspecified atom stereocenters. The van der Waals surface area contributed by atoms with Crippen LogP contribution in [0.3, 0.4) is 0 Å². The van der Waals surface area contributed by atoms with E-state index in [4.69, 9.17) is 4.74 Å². The number of nitrogens with zero attached hydrogens (tertiary/aromatic N) is 1. The zero-order valence-corrected chi connectivity index (χ0v) is 13.3. The lowest BCUT2D eigenvalue weighted by molar-refractivity contribution is 0.0999. The van der Waals surface area contributed by atoms with Crippen molar-refractivity contribution in [1.82, 2.24) is 0 Å². The molecule has 0 N–H and O–H groups in total. The minimum Gasteiger partial charge on any atom is -0.497 e. The highest BCUT2D eigenvalue weighted by Crippen LogP contribution is 2.21. The van der Waals surface area contributed by atoms with Crippen molar-refractivity contribution in [3.8, 4) is 5.75 Å². The number of benzene rings is 2. The lowest BCUT2D eigenvalue weighted by Crippen LogP contribution is -2.30. The van der Waals surface area contributed by atoms with Crippen molar-refractivity contribution in [3.63, 3.8) is 0 Å². The minimum atomic E-state index is 0.138. The van der Waals surface area contributed by atoms with Crippen molar-refractivity contribution in [1.29, 1.82) is 0 Å². The fourth-order valence-electron chi connectivity index (χ4n) is 2.34. The third-order valence-corrected chi connectivity index (χ3v) is 3.63. The minimum absolute atomic E-state index is 0.138. The van der Waals surface area contributed by atoms with Crippen LogP contribution in [0.25, 0.3) is 0 Å². The molecule has 0 aliphatic rings. The fraction of sp³-hybridized carbons (Fsp3) is 0.316.